The molecule has 1 aromatic carbocycles. The van der Waals surface area contributed by atoms with Gasteiger partial charge in [0.15, 0.2) is 0 Å². The summed E-state index contributed by atoms with van der Waals surface area (Å²) in [6, 6.07) is 7.90. The molecule has 0 spiro atoms. The average Bonchev–Trinajstić information content (AvgIpc) is 2.73. The number of aliphatic imine (C=N–C) groups is 2. The fourth-order valence-corrected chi connectivity index (χ4v) is 3.90. The molecule has 3 rings (SSSR count). The van der Waals surface area contributed by atoms with Crippen LogP contribution >= 0.6 is 0 Å². The number of nitrogens with zero attached hydrogens (tertiary/aromatic N) is 4. The molecule has 0 saturated carbocycles. The Morgan fingerprint density at radius 3 is 2.59 bits per heavy atom. The molecule has 0 saturated heterocycles. The van der Waals surface area contributed by atoms with Gasteiger partial charge >= 0.3 is 0 Å². The fraction of sp³-hybridized carbons (Fsp3) is 0.522. The van der Waals surface area contributed by atoms with Crippen molar-refractivity contribution in [2.24, 2.45) is 21.8 Å². The number of fused-ring (bicyclic) bond motifs is 1. The Morgan fingerprint density at radius 1 is 1.28 bits per heavy atom. The maximum Gasteiger partial charge on any atom is 0.234 e. The van der Waals surface area contributed by atoms with Crippen molar-refractivity contribution >= 4 is 23.8 Å². The predicted octanol–water partition coefficient (Wildman–Crippen LogP) is 3.88. The summed E-state index contributed by atoms with van der Waals surface area (Å²) >= 11 is 0. The quantitative estimate of drug-likeness (QED) is 0.733. The van der Waals surface area contributed by atoms with Gasteiger partial charge in [-0.2, -0.15) is 0 Å². The molecule has 1 aromatic rings. The van der Waals surface area contributed by atoms with Gasteiger partial charge in [0.1, 0.15) is 12.2 Å². The van der Waals surface area contributed by atoms with E-state index in [-0.39, 0.29) is 29.3 Å². The summed E-state index contributed by atoms with van der Waals surface area (Å²) in [6.07, 6.45) is 6.66. The van der Waals surface area contributed by atoms with Crippen molar-refractivity contribution in [1.82, 2.24) is 4.90 Å². The van der Waals surface area contributed by atoms with E-state index in [0.29, 0.717) is 6.61 Å². The van der Waals surface area contributed by atoms with Crippen LogP contribution in [0, 0.1) is 11.8 Å². The third kappa shape index (κ3) is 4.13. The highest BCUT2D eigenvalue weighted by Gasteiger charge is 2.44. The van der Waals surface area contributed by atoms with Gasteiger partial charge in [-0.15, -0.1) is 0 Å². The maximum absolute atomic E-state index is 13.5. The Kier molecular flexibility index (Phi) is 6.22. The molecule has 0 radical (unpaired) electrons. The lowest BCUT2D eigenvalue weighted by atomic mass is 9.80. The second kappa shape index (κ2) is 8.49. The predicted molar refractivity (Wildman–Crippen MR) is 118 cm³/mol. The van der Waals surface area contributed by atoms with Crippen molar-refractivity contribution in [1.29, 1.82) is 0 Å². The Bertz CT molecular complexity index is 826. The average molecular weight is 397 g/mol. The number of carbonyl (C=O) groups excluding carboxylic acids is 1. The van der Waals surface area contributed by atoms with E-state index in [1.54, 1.807) is 18.3 Å². The van der Waals surface area contributed by atoms with E-state index in [0.717, 1.165) is 23.5 Å². The summed E-state index contributed by atoms with van der Waals surface area (Å²) in [7, 11) is 3.51. The number of amides is 1. The summed E-state index contributed by atoms with van der Waals surface area (Å²) in [5.41, 5.74) is 1.87. The smallest absolute Gasteiger partial charge is 0.234 e. The topological polar surface area (TPSA) is 57.5 Å². The van der Waals surface area contributed by atoms with Crippen molar-refractivity contribution in [3.63, 3.8) is 0 Å². The summed E-state index contributed by atoms with van der Waals surface area (Å²) in [6.45, 7) is 9.18. The molecule has 6 heteroatoms. The van der Waals surface area contributed by atoms with Gasteiger partial charge < -0.3 is 14.5 Å². The van der Waals surface area contributed by atoms with Gasteiger partial charge in [0, 0.05) is 31.6 Å². The van der Waals surface area contributed by atoms with Crippen LogP contribution < -0.4 is 4.90 Å². The SMILES string of the molecule is CCC(C)(C)N1C=CC(C(=O)N(C)c2ccc(COC)cc2)C2C1=NC=NC2C. The van der Waals surface area contributed by atoms with E-state index in [1.165, 1.54) is 0 Å². The van der Waals surface area contributed by atoms with Crippen LogP contribution in [0.25, 0.3) is 0 Å². The number of carbonyl (C=O) groups is 1. The van der Waals surface area contributed by atoms with E-state index >= 15 is 0 Å². The standard InChI is InChI=1S/C23H32N4O2/c1-7-23(3,4)27-13-12-19(20-16(2)24-15-25-21(20)27)22(28)26(5)18-10-8-17(9-11-18)14-29-6/h8-13,15-16,19-20H,7,14H2,1-6H3. The van der Waals surface area contributed by atoms with Crippen LogP contribution in [0.5, 0.6) is 0 Å². The molecule has 0 fully saturated rings. The van der Waals surface area contributed by atoms with Gasteiger partial charge in [0.05, 0.1) is 24.5 Å². The molecule has 0 bridgehead atoms. The zero-order valence-electron chi connectivity index (χ0n) is 18.3. The van der Waals surface area contributed by atoms with Crippen LogP contribution in [0.4, 0.5) is 5.69 Å². The first-order valence-electron chi connectivity index (χ1n) is 10.2. The van der Waals surface area contributed by atoms with Gasteiger partial charge in [-0.05, 0) is 44.9 Å². The number of amidine groups is 1. The van der Waals surface area contributed by atoms with Gasteiger partial charge in [-0.1, -0.05) is 25.1 Å². The highest BCUT2D eigenvalue weighted by atomic mass is 16.5. The van der Waals surface area contributed by atoms with Crippen molar-refractivity contribution < 1.29 is 9.53 Å². The van der Waals surface area contributed by atoms with Crippen molar-refractivity contribution in [3.05, 3.63) is 42.1 Å². The molecule has 0 N–H and O–H groups in total. The molecule has 6 nitrogen and oxygen atoms in total. The second-order valence-electron chi connectivity index (χ2n) is 8.42. The zero-order valence-corrected chi connectivity index (χ0v) is 18.3. The van der Waals surface area contributed by atoms with Gasteiger partial charge in [0.2, 0.25) is 5.91 Å². The van der Waals surface area contributed by atoms with Gasteiger partial charge in [0.25, 0.3) is 0 Å². The van der Waals surface area contributed by atoms with E-state index in [9.17, 15) is 4.79 Å². The largest absolute Gasteiger partial charge is 0.380 e. The molecular weight excluding hydrogens is 364 g/mol. The van der Waals surface area contributed by atoms with E-state index in [4.69, 9.17) is 4.74 Å². The molecule has 2 aliphatic heterocycles. The maximum atomic E-state index is 13.5. The summed E-state index contributed by atoms with van der Waals surface area (Å²) in [4.78, 5) is 26.5. The highest BCUT2D eigenvalue weighted by Crippen LogP contribution is 2.36. The molecule has 0 aromatic heterocycles. The minimum Gasteiger partial charge on any atom is -0.380 e. The second-order valence-corrected chi connectivity index (χ2v) is 8.42. The monoisotopic (exact) mass is 396 g/mol. The molecule has 0 aliphatic carbocycles. The van der Waals surface area contributed by atoms with Crippen molar-refractivity contribution in [2.75, 3.05) is 19.1 Å². The number of benzene rings is 1. The van der Waals surface area contributed by atoms with Crippen LogP contribution in [0.3, 0.4) is 0 Å². The number of ether oxygens (including phenoxy) is 1. The Balaban J connectivity index is 1.89. The summed E-state index contributed by atoms with van der Waals surface area (Å²) < 4.78 is 5.17. The molecule has 2 aliphatic rings. The molecule has 3 unspecified atom stereocenters. The fourth-order valence-electron chi connectivity index (χ4n) is 3.90. The number of rotatable bonds is 6. The third-order valence-electron chi connectivity index (χ3n) is 6.15. The van der Waals surface area contributed by atoms with E-state index in [1.807, 2.05) is 43.6 Å². The molecular formula is C23H32N4O2. The van der Waals surface area contributed by atoms with Gasteiger partial charge in [-0.3, -0.25) is 9.79 Å². The minimum absolute atomic E-state index is 0.00552. The Morgan fingerprint density at radius 2 is 1.97 bits per heavy atom. The van der Waals surface area contributed by atoms with Crippen molar-refractivity contribution in [2.45, 2.75) is 52.3 Å². The molecule has 1 amide bonds. The van der Waals surface area contributed by atoms with E-state index in [2.05, 4.69) is 42.6 Å². The molecule has 29 heavy (non-hydrogen) atoms. The minimum atomic E-state index is -0.297. The Labute approximate surface area is 174 Å². The summed E-state index contributed by atoms with van der Waals surface area (Å²) in [5.74, 6) is 0.618. The number of hydrogen-bond acceptors (Lipinski definition) is 5. The molecule has 2 heterocycles. The lowest BCUT2D eigenvalue weighted by Gasteiger charge is -2.46. The van der Waals surface area contributed by atoms with Gasteiger partial charge in [-0.25, -0.2) is 4.99 Å². The van der Waals surface area contributed by atoms with Crippen LogP contribution in [-0.4, -0.2) is 48.7 Å². The number of methoxy groups -OCH3 is 1. The van der Waals surface area contributed by atoms with Crippen LogP contribution in [0.1, 0.15) is 39.7 Å². The number of hydrogen-bond donors (Lipinski definition) is 0. The van der Waals surface area contributed by atoms with E-state index < -0.39 is 0 Å². The molecule has 3 atom stereocenters. The lowest BCUT2D eigenvalue weighted by Crippen LogP contribution is -2.55. The third-order valence-corrected chi connectivity index (χ3v) is 6.15. The first kappa shape index (κ1) is 21.2. The molecule has 156 valence electrons. The van der Waals surface area contributed by atoms with Crippen LogP contribution in [0.15, 0.2) is 46.5 Å². The Hall–Kier alpha value is -2.47. The first-order valence-corrected chi connectivity index (χ1v) is 10.2. The zero-order chi connectivity index (χ0) is 21.2. The summed E-state index contributed by atoms with van der Waals surface area (Å²) in [5, 5.41) is 0. The first-order chi connectivity index (χ1) is 13.8. The van der Waals surface area contributed by atoms with Crippen LogP contribution in [0.2, 0.25) is 0 Å². The highest BCUT2D eigenvalue weighted by molar-refractivity contribution is 6.03. The number of anilines is 1. The van der Waals surface area contributed by atoms with Crippen LogP contribution in [-0.2, 0) is 16.1 Å². The normalized spacial score (nSPS) is 23.6. The lowest BCUT2D eigenvalue weighted by molar-refractivity contribution is -0.121. The van der Waals surface area contributed by atoms with Crippen molar-refractivity contribution in [3.8, 4) is 0 Å².